The molecular weight excluding hydrogens is 437 g/mol. The van der Waals surface area contributed by atoms with Crippen LogP contribution in [0.1, 0.15) is 53.1 Å². The molecule has 1 aliphatic rings. The van der Waals surface area contributed by atoms with Crippen molar-refractivity contribution in [2.24, 2.45) is 0 Å². The number of hydrogen-bond donors (Lipinski definition) is 0. The molecule has 1 aliphatic heterocycles. The standard InChI is InChI=1S/C27H25ClFN3O/c1-15-10-22-25(31-17(15)3)14-24(32-27(22)21-5-4-20(28)13-23(21)29)18-7-9-33-26(12-18)19-6-8-30-16(2)11-19/h4-6,8,10-11,13-14,18,26H,7,9,12H2,1-3H3/t18-,26+/m1/s1. The zero-order valence-corrected chi connectivity index (χ0v) is 19.7. The predicted molar refractivity (Wildman–Crippen MR) is 129 cm³/mol. The van der Waals surface area contributed by atoms with Crippen LogP contribution in [-0.4, -0.2) is 21.6 Å². The van der Waals surface area contributed by atoms with Gasteiger partial charge in [0.05, 0.1) is 17.3 Å². The van der Waals surface area contributed by atoms with Crippen LogP contribution in [0.2, 0.25) is 5.02 Å². The smallest absolute Gasteiger partial charge is 0.134 e. The third kappa shape index (κ3) is 4.35. The Morgan fingerprint density at radius 2 is 1.88 bits per heavy atom. The van der Waals surface area contributed by atoms with E-state index >= 15 is 0 Å². The van der Waals surface area contributed by atoms with E-state index in [2.05, 4.69) is 17.1 Å². The molecule has 0 aliphatic carbocycles. The summed E-state index contributed by atoms with van der Waals surface area (Å²) >= 11 is 6.02. The van der Waals surface area contributed by atoms with Gasteiger partial charge in [-0.1, -0.05) is 11.6 Å². The number of aryl methyl sites for hydroxylation is 3. The van der Waals surface area contributed by atoms with Crippen molar-refractivity contribution in [2.45, 2.75) is 45.6 Å². The van der Waals surface area contributed by atoms with Gasteiger partial charge in [-0.2, -0.15) is 0 Å². The zero-order chi connectivity index (χ0) is 23.1. The summed E-state index contributed by atoms with van der Waals surface area (Å²) in [6, 6.07) is 12.9. The second-order valence-electron chi connectivity index (χ2n) is 8.79. The molecular formula is C27H25ClFN3O. The van der Waals surface area contributed by atoms with Crippen molar-refractivity contribution in [1.82, 2.24) is 15.0 Å². The van der Waals surface area contributed by atoms with Gasteiger partial charge in [-0.05, 0) is 87.2 Å². The minimum atomic E-state index is -0.385. The lowest BCUT2D eigenvalue weighted by Crippen LogP contribution is -2.20. The molecule has 0 spiro atoms. The lowest BCUT2D eigenvalue weighted by Gasteiger charge is -2.30. The Morgan fingerprint density at radius 1 is 1.03 bits per heavy atom. The summed E-state index contributed by atoms with van der Waals surface area (Å²) in [6.07, 6.45) is 3.45. The largest absolute Gasteiger partial charge is 0.373 e. The SMILES string of the molecule is Cc1cc([C@@H]2C[C@H](c3cc4nc(C)c(C)cc4c(-c4ccc(Cl)cc4F)n3)CCO2)ccn1. The number of halogens is 2. The van der Waals surface area contributed by atoms with Gasteiger partial charge in [0.15, 0.2) is 0 Å². The lowest BCUT2D eigenvalue weighted by atomic mass is 9.88. The Balaban J connectivity index is 1.62. The molecule has 4 nitrogen and oxygen atoms in total. The highest BCUT2D eigenvalue weighted by Gasteiger charge is 2.27. The van der Waals surface area contributed by atoms with Crippen molar-refractivity contribution in [3.05, 3.63) is 87.7 Å². The van der Waals surface area contributed by atoms with Gasteiger partial charge < -0.3 is 4.74 Å². The number of ether oxygens (including phenoxy) is 1. The van der Waals surface area contributed by atoms with E-state index in [-0.39, 0.29) is 17.8 Å². The first kappa shape index (κ1) is 21.9. The maximum Gasteiger partial charge on any atom is 0.134 e. The third-order valence-corrected chi connectivity index (χ3v) is 6.69. The van der Waals surface area contributed by atoms with Crippen LogP contribution in [0.5, 0.6) is 0 Å². The topological polar surface area (TPSA) is 47.9 Å². The van der Waals surface area contributed by atoms with E-state index in [1.54, 1.807) is 12.1 Å². The molecule has 0 unspecified atom stereocenters. The van der Waals surface area contributed by atoms with Crippen LogP contribution in [-0.2, 0) is 4.74 Å². The highest BCUT2D eigenvalue weighted by Crippen LogP contribution is 2.39. The molecule has 1 aromatic carbocycles. The summed E-state index contributed by atoms with van der Waals surface area (Å²) in [5.41, 5.74) is 6.89. The molecule has 33 heavy (non-hydrogen) atoms. The third-order valence-electron chi connectivity index (χ3n) is 6.46. The van der Waals surface area contributed by atoms with Crippen molar-refractivity contribution < 1.29 is 9.13 Å². The molecule has 2 atom stereocenters. The number of hydrogen-bond acceptors (Lipinski definition) is 4. The Labute approximate surface area is 197 Å². The van der Waals surface area contributed by atoms with Crippen molar-refractivity contribution in [3.63, 3.8) is 0 Å². The van der Waals surface area contributed by atoms with Gasteiger partial charge in [0.25, 0.3) is 0 Å². The van der Waals surface area contributed by atoms with Gasteiger partial charge in [-0.25, -0.2) is 4.39 Å². The number of fused-ring (bicyclic) bond motifs is 1. The lowest BCUT2D eigenvalue weighted by molar-refractivity contribution is 0.00460. The van der Waals surface area contributed by atoms with Crippen molar-refractivity contribution in [2.75, 3.05) is 6.61 Å². The Hall–Kier alpha value is -2.89. The fraction of sp³-hybridized carbons (Fsp3) is 0.296. The number of benzene rings is 1. The normalized spacial score (nSPS) is 18.6. The highest BCUT2D eigenvalue weighted by atomic mass is 35.5. The summed E-state index contributed by atoms with van der Waals surface area (Å²) in [5.74, 6) is -0.206. The molecule has 0 bridgehead atoms. The first-order valence-corrected chi connectivity index (χ1v) is 11.6. The maximum atomic E-state index is 15.0. The molecule has 6 heteroatoms. The summed E-state index contributed by atoms with van der Waals surface area (Å²) < 4.78 is 21.1. The van der Waals surface area contributed by atoms with E-state index in [4.69, 9.17) is 26.3 Å². The first-order chi connectivity index (χ1) is 15.9. The fourth-order valence-corrected chi connectivity index (χ4v) is 4.71. The van der Waals surface area contributed by atoms with Crippen molar-refractivity contribution in [1.29, 1.82) is 0 Å². The molecule has 1 saturated heterocycles. The number of rotatable bonds is 3. The second-order valence-corrected chi connectivity index (χ2v) is 9.22. The fourth-order valence-electron chi connectivity index (χ4n) is 4.55. The van der Waals surface area contributed by atoms with E-state index in [1.807, 2.05) is 39.1 Å². The number of nitrogens with zero attached hydrogens (tertiary/aromatic N) is 3. The minimum absolute atomic E-state index is 0.0219. The molecule has 168 valence electrons. The molecule has 0 amide bonds. The second kappa shape index (κ2) is 8.81. The van der Waals surface area contributed by atoms with Crippen molar-refractivity contribution >= 4 is 22.5 Å². The summed E-state index contributed by atoms with van der Waals surface area (Å²) in [6.45, 7) is 6.63. The van der Waals surface area contributed by atoms with Crippen LogP contribution in [0.15, 0.2) is 48.7 Å². The monoisotopic (exact) mass is 461 g/mol. The molecule has 5 rings (SSSR count). The zero-order valence-electron chi connectivity index (χ0n) is 18.9. The van der Waals surface area contributed by atoms with Crippen LogP contribution in [0, 0.1) is 26.6 Å². The van der Waals surface area contributed by atoms with E-state index in [9.17, 15) is 4.39 Å². The molecule has 1 fully saturated rings. The molecule has 0 N–H and O–H groups in total. The van der Waals surface area contributed by atoms with Gasteiger partial charge in [-0.15, -0.1) is 0 Å². The van der Waals surface area contributed by atoms with Crippen LogP contribution in [0.3, 0.4) is 0 Å². The van der Waals surface area contributed by atoms with Crippen molar-refractivity contribution in [3.8, 4) is 11.3 Å². The first-order valence-electron chi connectivity index (χ1n) is 11.2. The predicted octanol–water partition coefficient (Wildman–Crippen LogP) is 7.04. The highest BCUT2D eigenvalue weighted by molar-refractivity contribution is 6.30. The van der Waals surface area contributed by atoms with Gasteiger partial charge >= 0.3 is 0 Å². The summed E-state index contributed by atoms with van der Waals surface area (Å²) in [4.78, 5) is 14.1. The molecule has 0 saturated carbocycles. The van der Waals surface area contributed by atoms with Crippen LogP contribution in [0.25, 0.3) is 22.2 Å². The Morgan fingerprint density at radius 3 is 2.67 bits per heavy atom. The summed E-state index contributed by atoms with van der Waals surface area (Å²) in [5, 5.41) is 1.21. The van der Waals surface area contributed by atoms with Gasteiger partial charge in [0, 0.05) is 51.8 Å². The average molecular weight is 462 g/mol. The van der Waals surface area contributed by atoms with Gasteiger partial charge in [0.1, 0.15) is 5.82 Å². The average Bonchev–Trinajstić information content (AvgIpc) is 2.80. The molecule has 3 aromatic heterocycles. The number of aromatic nitrogens is 3. The molecule has 4 aromatic rings. The Bertz CT molecular complexity index is 1360. The van der Waals surface area contributed by atoms with E-state index in [1.165, 1.54) is 6.07 Å². The van der Waals surface area contributed by atoms with Gasteiger partial charge in [0.2, 0.25) is 0 Å². The van der Waals surface area contributed by atoms with Crippen LogP contribution < -0.4 is 0 Å². The summed E-state index contributed by atoms with van der Waals surface area (Å²) in [7, 11) is 0. The van der Waals surface area contributed by atoms with E-state index < -0.39 is 0 Å². The number of pyridine rings is 3. The maximum absolute atomic E-state index is 15.0. The van der Waals surface area contributed by atoms with Gasteiger partial charge in [-0.3, -0.25) is 15.0 Å². The Kier molecular flexibility index (Phi) is 5.85. The molecule has 0 radical (unpaired) electrons. The van der Waals surface area contributed by atoms with E-state index in [0.717, 1.165) is 52.0 Å². The van der Waals surface area contributed by atoms with E-state index in [0.29, 0.717) is 22.9 Å². The van der Waals surface area contributed by atoms with Crippen LogP contribution in [0.4, 0.5) is 4.39 Å². The quantitative estimate of drug-likeness (QED) is 0.328. The minimum Gasteiger partial charge on any atom is -0.373 e. The molecule has 4 heterocycles. The van der Waals surface area contributed by atoms with Crippen LogP contribution >= 0.6 is 11.6 Å².